The fourth-order valence-corrected chi connectivity index (χ4v) is 1.70. The van der Waals surface area contributed by atoms with E-state index in [1.165, 1.54) is 0 Å². The van der Waals surface area contributed by atoms with Gasteiger partial charge in [0.1, 0.15) is 6.61 Å². The molecule has 0 bridgehead atoms. The lowest BCUT2D eigenvalue weighted by Gasteiger charge is -2.15. The van der Waals surface area contributed by atoms with E-state index in [0.29, 0.717) is 0 Å². The zero-order valence-electron chi connectivity index (χ0n) is 9.23. The van der Waals surface area contributed by atoms with Gasteiger partial charge in [0.15, 0.2) is 0 Å². The number of alkyl halides is 2. The summed E-state index contributed by atoms with van der Waals surface area (Å²) in [5.41, 5.74) is 0.840. The van der Waals surface area contributed by atoms with Crippen LogP contribution in [0.15, 0.2) is 30.3 Å². The first-order valence-electron chi connectivity index (χ1n) is 5.40. The van der Waals surface area contributed by atoms with Crippen LogP contribution in [0.4, 0.5) is 13.6 Å². The van der Waals surface area contributed by atoms with Gasteiger partial charge in [0.2, 0.25) is 0 Å². The average Bonchev–Trinajstić information content (AvgIpc) is 2.68. The van der Waals surface area contributed by atoms with E-state index in [-0.39, 0.29) is 19.6 Å². The highest BCUT2D eigenvalue weighted by Gasteiger charge is 2.40. The van der Waals surface area contributed by atoms with E-state index in [9.17, 15) is 13.6 Å². The number of rotatable bonds is 2. The Morgan fingerprint density at radius 1 is 1.35 bits per heavy atom. The van der Waals surface area contributed by atoms with Crippen LogP contribution < -0.4 is 0 Å². The van der Waals surface area contributed by atoms with Gasteiger partial charge in [0, 0.05) is 13.0 Å². The second kappa shape index (κ2) is 4.69. The lowest BCUT2D eigenvalue weighted by molar-refractivity contribution is 0.0102. The first-order valence-corrected chi connectivity index (χ1v) is 5.40. The molecule has 0 aromatic heterocycles. The van der Waals surface area contributed by atoms with Gasteiger partial charge in [-0.15, -0.1) is 0 Å². The third kappa shape index (κ3) is 3.15. The van der Waals surface area contributed by atoms with Gasteiger partial charge >= 0.3 is 6.09 Å². The van der Waals surface area contributed by atoms with Gasteiger partial charge in [-0.2, -0.15) is 0 Å². The van der Waals surface area contributed by atoms with Crippen molar-refractivity contribution in [3.05, 3.63) is 35.9 Å². The first-order chi connectivity index (χ1) is 8.07. The topological polar surface area (TPSA) is 29.5 Å². The number of nitrogens with zero attached hydrogens (tertiary/aromatic N) is 1. The molecular weight excluding hydrogens is 228 g/mol. The third-order valence-corrected chi connectivity index (χ3v) is 2.63. The highest BCUT2D eigenvalue weighted by atomic mass is 19.3. The maximum absolute atomic E-state index is 12.9. The Morgan fingerprint density at radius 3 is 2.65 bits per heavy atom. The minimum Gasteiger partial charge on any atom is -0.445 e. The highest BCUT2D eigenvalue weighted by Crippen LogP contribution is 2.27. The molecule has 1 fully saturated rings. The predicted molar refractivity (Wildman–Crippen MR) is 57.8 cm³/mol. The Labute approximate surface area is 98.0 Å². The number of likely N-dealkylation sites (tertiary alicyclic amines) is 1. The molecule has 0 N–H and O–H groups in total. The molecule has 0 aliphatic carbocycles. The number of carbonyl (C=O) groups excluding carboxylic acids is 1. The maximum atomic E-state index is 12.9. The summed E-state index contributed by atoms with van der Waals surface area (Å²) in [6.07, 6.45) is -0.959. The largest absolute Gasteiger partial charge is 0.445 e. The molecule has 0 atom stereocenters. The molecule has 92 valence electrons. The molecule has 5 heteroatoms. The summed E-state index contributed by atoms with van der Waals surface area (Å²) in [5.74, 6) is -2.77. The second-order valence-corrected chi connectivity index (χ2v) is 4.07. The third-order valence-electron chi connectivity index (χ3n) is 2.63. The van der Waals surface area contributed by atoms with Crippen molar-refractivity contribution >= 4 is 6.09 Å². The minimum absolute atomic E-state index is 0.0562. The molecule has 0 saturated carbocycles. The van der Waals surface area contributed by atoms with Crippen molar-refractivity contribution in [1.82, 2.24) is 4.90 Å². The monoisotopic (exact) mass is 241 g/mol. The van der Waals surface area contributed by atoms with Crippen molar-refractivity contribution in [1.29, 1.82) is 0 Å². The number of benzene rings is 1. The van der Waals surface area contributed by atoms with Crippen molar-refractivity contribution in [2.24, 2.45) is 0 Å². The van der Waals surface area contributed by atoms with E-state index < -0.39 is 18.6 Å². The molecule has 1 heterocycles. The van der Waals surface area contributed by atoms with Crippen LogP contribution in [-0.2, 0) is 11.3 Å². The van der Waals surface area contributed by atoms with E-state index in [0.717, 1.165) is 10.5 Å². The van der Waals surface area contributed by atoms with Gasteiger partial charge in [-0.25, -0.2) is 13.6 Å². The van der Waals surface area contributed by atoms with Crippen LogP contribution in [0, 0.1) is 0 Å². The average molecular weight is 241 g/mol. The molecule has 17 heavy (non-hydrogen) atoms. The number of carbonyl (C=O) groups is 1. The highest BCUT2D eigenvalue weighted by molar-refractivity contribution is 5.68. The summed E-state index contributed by atoms with van der Waals surface area (Å²) < 4.78 is 30.7. The van der Waals surface area contributed by atoms with Gasteiger partial charge in [0.05, 0.1) is 6.54 Å². The molecule has 0 unspecified atom stereocenters. The summed E-state index contributed by atoms with van der Waals surface area (Å²) in [4.78, 5) is 12.5. The van der Waals surface area contributed by atoms with Gasteiger partial charge in [0.25, 0.3) is 5.92 Å². The van der Waals surface area contributed by atoms with Crippen molar-refractivity contribution in [2.45, 2.75) is 19.0 Å². The Bertz CT molecular complexity index is 395. The van der Waals surface area contributed by atoms with Crippen LogP contribution >= 0.6 is 0 Å². The first kappa shape index (κ1) is 11.8. The molecule has 1 aromatic rings. The lowest BCUT2D eigenvalue weighted by atomic mass is 10.2. The second-order valence-electron chi connectivity index (χ2n) is 4.07. The van der Waals surface area contributed by atoms with Crippen LogP contribution in [0.5, 0.6) is 0 Å². The molecular formula is C12H13F2NO2. The number of ether oxygens (including phenoxy) is 1. The van der Waals surface area contributed by atoms with E-state index in [2.05, 4.69) is 0 Å². The van der Waals surface area contributed by atoms with Gasteiger partial charge < -0.3 is 9.64 Å². The molecule has 1 amide bonds. The van der Waals surface area contributed by atoms with Crippen molar-refractivity contribution in [3.8, 4) is 0 Å². The van der Waals surface area contributed by atoms with Gasteiger partial charge in [-0.3, -0.25) is 0 Å². The Hall–Kier alpha value is -1.65. The number of amides is 1. The summed E-state index contributed by atoms with van der Waals surface area (Å²) in [6.45, 7) is -0.372. The fraction of sp³-hybridized carbons (Fsp3) is 0.417. The molecule has 1 saturated heterocycles. The van der Waals surface area contributed by atoms with Gasteiger partial charge in [-0.1, -0.05) is 30.3 Å². The number of halogens is 2. The summed E-state index contributed by atoms with van der Waals surface area (Å²) in [6, 6.07) is 9.13. The molecule has 1 aliphatic heterocycles. The lowest BCUT2D eigenvalue weighted by Crippen LogP contribution is -2.31. The van der Waals surface area contributed by atoms with E-state index in [1.807, 2.05) is 30.3 Å². The quantitative estimate of drug-likeness (QED) is 0.796. The SMILES string of the molecule is O=C(OCc1ccccc1)N1CCC(F)(F)C1. The molecule has 0 radical (unpaired) electrons. The predicted octanol–water partition coefficient (Wildman–Crippen LogP) is 2.66. The summed E-state index contributed by atoms with van der Waals surface area (Å²) >= 11 is 0. The molecule has 1 aliphatic rings. The molecule has 3 nitrogen and oxygen atoms in total. The van der Waals surface area contributed by atoms with E-state index >= 15 is 0 Å². The normalized spacial score (nSPS) is 18.1. The number of hydrogen-bond acceptors (Lipinski definition) is 2. The molecule has 0 spiro atoms. The van der Waals surface area contributed by atoms with E-state index in [1.54, 1.807) is 0 Å². The Kier molecular flexibility index (Phi) is 3.26. The summed E-state index contributed by atoms with van der Waals surface area (Å²) in [7, 11) is 0. The fourth-order valence-electron chi connectivity index (χ4n) is 1.70. The van der Waals surface area contributed by atoms with Crippen LogP contribution in [0.1, 0.15) is 12.0 Å². The number of hydrogen-bond donors (Lipinski definition) is 0. The smallest absolute Gasteiger partial charge is 0.410 e. The standard InChI is InChI=1S/C12H13F2NO2/c13-12(14)6-7-15(9-12)11(16)17-8-10-4-2-1-3-5-10/h1-5H,6-9H2. The van der Waals surface area contributed by atoms with E-state index in [4.69, 9.17) is 4.74 Å². The van der Waals surface area contributed by atoms with Crippen LogP contribution in [-0.4, -0.2) is 30.0 Å². The van der Waals surface area contributed by atoms with Crippen molar-refractivity contribution in [3.63, 3.8) is 0 Å². The Morgan fingerprint density at radius 2 is 2.06 bits per heavy atom. The molecule has 1 aromatic carbocycles. The van der Waals surface area contributed by atoms with Crippen LogP contribution in [0.25, 0.3) is 0 Å². The van der Waals surface area contributed by atoms with Crippen molar-refractivity contribution < 1.29 is 18.3 Å². The summed E-state index contributed by atoms with van der Waals surface area (Å²) in [5, 5.41) is 0. The van der Waals surface area contributed by atoms with Crippen LogP contribution in [0.3, 0.4) is 0 Å². The zero-order chi connectivity index (χ0) is 12.3. The zero-order valence-corrected chi connectivity index (χ0v) is 9.23. The van der Waals surface area contributed by atoms with Crippen molar-refractivity contribution in [2.75, 3.05) is 13.1 Å². The molecule has 2 rings (SSSR count). The van der Waals surface area contributed by atoms with Crippen LogP contribution in [0.2, 0.25) is 0 Å². The van der Waals surface area contributed by atoms with Gasteiger partial charge in [-0.05, 0) is 5.56 Å². The minimum atomic E-state index is -2.77. The Balaban J connectivity index is 1.83. The maximum Gasteiger partial charge on any atom is 0.410 e.